The highest BCUT2D eigenvalue weighted by atomic mass is 16.6. The largest absolute Gasteiger partial charge is 0.508 e. The van der Waals surface area contributed by atoms with Crippen molar-refractivity contribution in [2.45, 2.75) is 89.9 Å². The Morgan fingerprint density at radius 2 is 1.58 bits per heavy atom. The van der Waals surface area contributed by atoms with Crippen molar-refractivity contribution in [3.8, 4) is 39.9 Å². The number of allylic oxidation sites excluding steroid dienone is 1. The molecule has 3 aliphatic carbocycles. The van der Waals surface area contributed by atoms with Gasteiger partial charge in [0.05, 0.1) is 20.6 Å². The molecule has 0 amide bonds. The molecule has 6 aromatic rings. The predicted octanol–water partition coefficient (Wildman–Crippen LogP) is 10.8. The van der Waals surface area contributed by atoms with Crippen LogP contribution in [0.4, 0.5) is 0 Å². The lowest BCUT2D eigenvalue weighted by atomic mass is 9.49. The lowest BCUT2D eigenvalue weighted by Crippen LogP contribution is -2.54. The Morgan fingerprint density at radius 3 is 2.35 bits per heavy atom. The summed E-state index contributed by atoms with van der Waals surface area (Å²) in [5, 5.41) is 38.3. The average molecular weight is 960 g/mol. The van der Waals surface area contributed by atoms with Gasteiger partial charge in [-0.25, -0.2) is 0 Å². The van der Waals surface area contributed by atoms with Crippen molar-refractivity contribution in [3.05, 3.63) is 154 Å². The minimum Gasteiger partial charge on any atom is -0.508 e. The number of nitrogens with one attached hydrogen (secondary N) is 1. The number of rotatable bonds is 16. The van der Waals surface area contributed by atoms with E-state index in [4.69, 9.17) is 23.7 Å². The van der Waals surface area contributed by atoms with Gasteiger partial charge in [-0.3, -0.25) is 9.59 Å². The van der Waals surface area contributed by atoms with Gasteiger partial charge in [-0.15, -0.1) is 0 Å². The molecule has 0 aliphatic heterocycles. The third-order valence-corrected chi connectivity index (χ3v) is 15.1. The van der Waals surface area contributed by atoms with Crippen molar-refractivity contribution in [3.63, 3.8) is 0 Å². The number of carbonyl (C=O) groups excluding carboxylic acids is 2. The van der Waals surface area contributed by atoms with E-state index < -0.39 is 29.6 Å². The number of aromatic hydroxyl groups is 3. The summed E-state index contributed by atoms with van der Waals surface area (Å²) < 4.78 is 29.9. The molecule has 0 saturated heterocycles. The van der Waals surface area contributed by atoms with Crippen LogP contribution in [0.15, 0.2) is 115 Å². The first-order valence-corrected chi connectivity index (χ1v) is 25.0. The van der Waals surface area contributed by atoms with Crippen molar-refractivity contribution in [1.82, 2.24) is 5.32 Å². The van der Waals surface area contributed by atoms with Gasteiger partial charge >= 0.3 is 11.9 Å². The highest BCUT2D eigenvalue weighted by Crippen LogP contribution is 2.60. The van der Waals surface area contributed by atoms with Crippen LogP contribution in [0, 0.1) is 17.3 Å². The van der Waals surface area contributed by atoms with Crippen LogP contribution in [0.3, 0.4) is 0 Å². The molecule has 0 unspecified atom stereocenters. The lowest BCUT2D eigenvalue weighted by Gasteiger charge is -2.56. The number of phenols is 3. The van der Waals surface area contributed by atoms with Crippen molar-refractivity contribution >= 4 is 28.8 Å². The number of hydrogen-bond donors (Lipinski definition) is 4. The molecule has 1 fully saturated rings. The minimum atomic E-state index is -0.652. The second-order valence-electron chi connectivity index (χ2n) is 19.5. The Bertz CT molecular complexity index is 2910. The molecule has 9 rings (SSSR count). The Labute approximate surface area is 416 Å². The Morgan fingerprint density at radius 1 is 0.789 bits per heavy atom. The van der Waals surface area contributed by atoms with Gasteiger partial charge in [-0.2, -0.15) is 0 Å². The molecule has 4 N–H and O–H groups in total. The summed E-state index contributed by atoms with van der Waals surface area (Å²) in [6.07, 6.45) is 7.30. The van der Waals surface area contributed by atoms with Gasteiger partial charge in [0, 0.05) is 44.4 Å². The highest BCUT2D eigenvalue weighted by Gasteiger charge is 2.56. The van der Waals surface area contributed by atoms with Crippen LogP contribution in [0.5, 0.6) is 28.7 Å². The third-order valence-electron chi connectivity index (χ3n) is 15.1. The Kier molecular flexibility index (Phi) is 15.0. The SMILES string of the molecule is CCOCCCNCc1cccc(-c2cc(O)cc3ccc(CC(=O)O[C@@H]4C[C@@H](OC(C)=O)[C@H]5Cc6cc(OC)c(O)cc6C[C@]5(/C=C/c5ccccc5)[C@H]5CCc6cc(O)c(OC)cc6[C@@H]5C4)cc23)c1. The van der Waals surface area contributed by atoms with E-state index in [1.807, 2.05) is 79.7 Å². The van der Waals surface area contributed by atoms with E-state index in [1.54, 1.807) is 19.2 Å². The standard InChI is InChI=1S/C60H65NO10/c1-5-69-22-10-21-61-36-40-13-9-14-41(23-40)49-31-46(63)26-42-16-15-39(24-48(42)49)25-59(66)71-47-32-51-50-34-58(68-4)54(64)28-43(50)17-18-52(51)60(20-19-38-11-7-6-8-12-38)35-45-29-55(65)57(67-3)30-44(45)27-53(60)56(33-47)70-37(2)62/h6-9,11-16,19-20,23-24,26,28-31,34,47,51-53,56,61,63-65H,5,10,17-18,21-22,25,27,32-33,35-36H2,1-4H3/b20-19+/t47-,51-,52-,53+,56+,60+/m0/s1. The normalized spacial score (nSPS) is 21.5. The van der Waals surface area contributed by atoms with E-state index in [0.29, 0.717) is 50.3 Å². The molecule has 6 atom stereocenters. The summed E-state index contributed by atoms with van der Waals surface area (Å²) in [4.78, 5) is 27.8. The summed E-state index contributed by atoms with van der Waals surface area (Å²) in [6.45, 7) is 6.38. The summed E-state index contributed by atoms with van der Waals surface area (Å²) >= 11 is 0. The number of fused-ring (bicyclic) bond motifs is 7. The number of phenolic OH excluding ortho intramolecular Hbond substituents is 3. The number of esters is 2. The summed E-state index contributed by atoms with van der Waals surface area (Å²) in [6, 6.07) is 35.3. The third kappa shape index (κ3) is 10.8. The fraction of sp³-hybridized carbons (Fsp3) is 0.367. The number of carbonyl (C=O) groups is 2. The van der Waals surface area contributed by atoms with Crippen LogP contribution >= 0.6 is 0 Å². The molecular weight excluding hydrogens is 895 g/mol. The molecule has 0 aromatic heterocycles. The summed E-state index contributed by atoms with van der Waals surface area (Å²) in [5.41, 5.74) is 8.15. The second-order valence-corrected chi connectivity index (χ2v) is 19.5. The zero-order chi connectivity index (χ0) is 49.6. The molecular formula is C60H65NO10. The highest BCUT2D eigenvalue weighted by molar-refractivity contribution is 5.98. The van der Waals surface area contributed by atoms with E-state index in [1.165, 1.54) is 14.0 Å². The minimum absolute atomic E-state index is 0.00703. The summed E-state index contributed by atoms with van der Waals surface area (Å²) in [7, 11) is 3.09. The fourth-order valence-corrected chi connectivity index (χ4v) is 12.0. The van der Waals surface area contributed by atoms with E-state index in [-0.39, 0.29) is 47.8 Å². The number of ether oxygens (including phenoxy) is 5. The van der Waals surface area contributed by atoms with Gasteiger partial charge in [0.2, 0.25) is 0 Å². The van der Waals surface area contributed by atoms with Gasteiger partial charge < -0.3 is 44.3 Å². The molecule has 0 bridgehead atoms. The maximum atomic E-state index is 14.5. The zero-order valence-electron chi connectivity index (χ0n) is 41.1. The first kappa shape index (κ1) is 49.2. The van der Waals surface area contributed by atoms with Gasteiger partial charge in [0.25, 0.3) is 0 Å². The number of methoxy groups -OCH3 is 2. The molecule has 370 valence electrons. The first-order chi connectivity index (χ1) is 34.4. The van der Waals surface area contributed by atoms with Crippen molar-refractivity contribution in [1.29, 1.82) is 0 Å². The molecule has 11 heteroatoms. The van der Waals surface area contributed by atoms with Gasteiger partial charge in [0.1, 0.15) is 18.0 Å². The number of hydrogen-bond acceptors (Lipinski definition) is 11. The zero-order valence-corrected chi connectivity index (χ0v) is 41.1. The van der Waals surface area contributed by atoms with Crippen LogP contribution in [-0.4, -0.2) is 73.4 Å². The Hall–Kier alpha value is -6.82. The van der Waals surface area contributed by atoms with Crippen molar-refractivity contribution < 1.29 is 48.6 Å². The predicted molar refractivity (Wildman–Crippen MR) is 275 cm³/mol. The van der Waals surface area contributed by atoms with E-state index in [0.717, 1.165) is 86.8 Å². The Balaban J connectivity index is 1.07. The van der Waals surface area contributed by atoms with Crippen LogP contribution in [0.25, 0.3) is 28.0 Å². The molecule has 1 saturated carbocycles. The van der Waals surface area contributed by atoms with Crippen molar-refractivity contribution in [2.75, 3.05) is 34.0 Å². The molecule has 71 heavy (non-hydrogen) atoms. The molecule has 3 aliphatic rings. The van der Waals surface area contributed by atoms with E-state index >= 15 is 0 Å². The molecule has 11 nitrogen and oxygen atoms in total. The monoisotopic (exact) mass is 959 g/mol. The topological polar surface area (TPSA) is 153 Å². The van der Waals surface area contributed by atoms with E-state index in [9.17, 15) is 24.9 Å². The number of aryl methyl sites for hydroxylation is 1. The van der Waals surface area contributed by atoms with Gasteiger partial charge in [-0.1, -0.05) is 72.8 Å². The van der Waals surface area contributed by atoms with Crippen LogP contribution in [0.1, 0.15) is 84.4 Å². The molecule has 0 spiro atoms. The smallest absolute Gasteiger partial charge is 0.310 e. The maximum absolute atomic E-state index is 14.5. The second kappa shape index (κ2) is 21.7. The van der Waals surface area contributed by atoms with Gasteiger partial charge in [0.15, 0.2) is 23.0 Å². The number of benzene rings is 6. The summed E-state index contributed by atoms with van der Waals surface area (Å²) in [5.74, 6) is -0.292. The molecule has 0 heterocycles. The van der Waals surface area contributed by atoms with Crippen LogP contribution in [0.2, 0.25) is 0 Å². The first-order valence-electron chi connectivity index (χ1n) is 25.0. The quantitative estimate of drug-likeness (QED) is 0.0542. The van der Waals surface area contributed by atoms with Gasteiger partial charge in [-0.05, 0) is 173 Å². The lowest BCUT2D eigenvalue weighted by molar-refractivity contribution is -0.164. The maximum Gasteiger partial charge on any atom is 0.310 e. The van der Waals surface area contributed by atoms with Crippen LogP contribution in [-0.2, 0) is 56.0 Å². The molecule has 6 aromatic carbocycles. The van der Waals surface area contributed by atoms with E-state index in [2.05, 4.69) is 41.7 Å². The molecule has 0 radical (unpaired) electrons. The average Bonchev–Trinajstić information content (AvgIpc) is 3.35. The van der Waals surface area contributed by atoms with Crippen LogP contribution < -0.4 is 14.8 Å². The fourth-order valence-electron chi connectivity index (χ4n) is 12.0. The van der Waals surface area contributed by atoms with Crippen molar-refractivity contribution in [2.24, 2.45) is 17.3 Å².